The lowest BCUT2D eigenvalue weighted by Gasteiger charge is -2.29. The molecule has 1 heterocycles. The molecule has 0 radical (unpaired) electrons. The molecule has 3 N–H and O–H groups in total. The van der Waals surface area contributed by atoms with Crippen LogP contribution in [0.1, 0.15) is 53.9 Å². The number of hydrogen-bond donors (Lipinski definition) is 2. The van der Waals surface area contributed by atoms with Gasteiger partial charge in [0.05, 0.1) is 5.54 Å². The summed E-state index contributed by atoms with van der Waals surface area (Å²) in [6.45, 7) is 15.1. The van der Waals surface area contributed by atoms with E-state index in [9.17, 15) is 4.79 Å². The number of nitrogens with one attached hydrogen (secondary N) is 1. The van der Waals surface area contributed by atoms with Crippen LogP contribution in [0.4, 0.5) is 0 Å². The first-order valence-corrected chi connectivity index (χ1v) is 7.96. The lowest BCUT2D eigenvalue weighted by atomic mass is 9.80. The van der Waals surface area contributed by atoms with Gasteiger partial charge in [-0.05, 0) is 57.2 Å². The summed E-state index contributed by atoms with van der Waals surface area (Å²) in [5.74, 6) is 0.548. The fourth-order valence-electron chi connectivity index (χ4n) is 3.09. The number of nitrogens with two attached hydrogens (primary N) is 1. The van der Waals surface area contributed by atoms with Gasteiger partial charge in [0.15, 0.2) is 0 Å². The summed E-state index contributed by atoms with van der Waals surface area (Å²) in [5.41, 5.74) is 5.36. The van der Waals surface area contributed by atoms with Crippen molar-refractivity contribution in [1.82, 2.24) is 10.2 Å². The number of carbonyl (C=O) groups is 1. The summed E-state index contributed by atoms with van der Waals surface area (Å²) in [5, 5.41) is 3.22. The number of amides is 1. The van der Waals surface area contributed by atoms with Crippen LogP contribution in [0.3, 0.4) is 0 Å². The van der Waals surface area contributed by atoms with E-state index in [4.69, 9.17) is 5.73 Å². The minimum Gasteiger partial charge on any atom is -0.368 e. The number of carbonyl (C=O) groups excluding carboxylic acids is 1. The Kier molecular flexibility index (Phi) is 6.02. The third-order valence-electron chi connectivity index (χ3n) is 4.76. The van der Waals surface area contributed by atoms with E-state index in [1.807, 2.05) is 13.8 Å². The van der Waals surface area contributed by atoms with Crippen LogP contribution in [0.2, 0.25) is 0 Å². The molecule has 4 nitrogen and oxygen atoms in total. The highest BCUT2D eigenvalue weighted by Gasteiger charge is 2.33. The van der Waals surface area contributed by atoms with E-state index in [0.717, 1.165) is 31.8 Å². The van der Waals surface area contributed by atoms with E-state index in [0.29, 0.717) is 5.41 Å². The van der Waals surface area contributed by atoms with E-state index < -0.39 is 5.54 Å². The molecule has 118 valence electrons. The van der Waals surface area contributed by atoms with Gasteiger partial charge in [-0.2, -0.15) is 0 Å². The van der Waals surface area contributed by atoms with Crippen LogP contribution in [0.5, 0.6) is 0 Å². The van der Waals surface area contributed by atoms with Crippen LogP contribution in [-0.2, 0) is 4.79 Å². The quantitative estimate of drug-likeness (QED) is 0.751. The third-order valence-corrected chi connectivity index (χ3v) is 4.76. The lowest BCUT2D eigenvalue weighted by Crippen LogP contribution is -2.53. The van der Waals surface area contributed by atoms with E-state index in [1.54, 1.807) is 0 Å². The van der Waals surface area contributed by atoms with Gasteiger partial charge in [0, 0.05) is 6.54 Å². The molecular formula is C16H33N3O. The van der Waals surface area contributed by atoms with Crippen molar-refractivity contribution >= 4 is 5.91 Å². The maximum atomic E-state index is 11.6. The van der Waals surface area contributed by atoms with Crippen LogP contribution in [-0.4, -0.2) is 42.5 Å². The molecule has 1 amide bonds. The van der Waals surface area contributed by atoms with Gasteiger partial charge >= 0.3 is 0 Å². The first-order chi connectivity index (χ1) is 9.19. The van der Waals surface area contributed by atoms with Gasteiger partial charge in [-0.25, -0.2) is 0 Å². The number of nitrogens with zero attached hydrogens (tertiary/aromatic N) is 1. The van der Waals surface area contributed by atoms with Crippen molar-refractivity contribution in [3.05, 3.63) is 0 Å². The molecule has 0 spiro atoms. The summed E-state index contributed by atoms with van der Waals surface area (Å²) in [6, 6.07) is 0. The van der Waals surface area contributed by atoms with Crippen molar-refractivity contribution < 1.29 is 4.79 Å². The fraction of sp³-hybridized carbons (Fsp3) is 0.938. The molecule has 0 bridgehead atoms. The smallest absolute Gasteiger partial charge is 0.237 e. The average Bonchev–Trinajstić information content (AvgIpc) is 2.77. The Balaban J connectivity index is 2.36. The predicted molar refractivity (Wildman–Crippen MR) is 84.5 cm³/mol. The summed E-state index contributed by atoms with van der Waals surface area (Å²) >= 11 is 0. The third kappa shape index (κ3) is 4.74. The second-order valence-corrected chi connectivity index (χ2v) is 7.48. The van der Waals surface area contributed by atoms with Crippen molar-refractivity contribution in [2.45, 2.75) is 59.4 Å². The monoisotopic (exact) mass is 283 g/mol. The van der Waals surface area contributed by atoms with Crippen molar-refractivity contribution in [3.63, 3.8) is 0 Å². The first kappa shape index (κ1) is 17.4. The minimum absolute atomic E-state index is 0.242. The number of likely N-dealkylation sites (N-methyl/N-ethyl adjacent to an activating group) is 1. The van der Waals surface area contributed by atoms with E-state index in [1.165, 1.54) is 19.5 Å². The SMILES string of the molecule is CCNC(C)(CCCN1CCC(C(C)(C)C)C1)C(N)=O. The summed E-state index contributed by atoms with van der Waals surface area (Å²) in [6.07, 6.45) is 3.12. The zero-order chi connectivity index (χ0) is 15.4. The summed E-state index contributed by atoms with van der Waals surface area (Å²) in [7, 11) is 0. The van der Waals surface area contributed by atoms with Gasteiger partial charge < -0.3 is 16.0 Å². The fourth-order valence-corrected chi connectivity index (χ4v) is 3.09. The highest BCUT2D eigenvalue weighted by Crippen LogP contribution is 2.33. The number of hydrogen-bond acceptors (Lipinski definition) is 3. The minimum atomic E-state index is -0.558. The van der Waals surface area contributed by atoms with Gasteiger partial charge in [0.1, 0.15) is 0 Å². The molecule has 2 unspecified atom stereocenters. The molecule has 1 rings (SSSR count). The second kappa shape index (κ2) is 6.90. The predicted octanol–water partition coefficient (Wildman–Crippen LogP) is 1.99. The Labute approximate surface area is 124 Å². The molecule has 2 atom stereocenters. The van der Waals surface area contributed by atoms with Crippen molar-refractivity contribution in [1.29, 1.82) is 0 Å². The number of primary amides is 1. The molecule has 0 aromatic carbocycles. The standard InChI is InChI=1S/C16H33N3O/c1-6-18-16(5,14(17)20)9-7-10-19-11-8-13(12-19)15(2,3)4/h13,18H,6-12H2,1-5H3,(H2,17,20). The molecule has 4 heteroatoms. The second-order valence-electron chi connectivity index (χ2n) is 7.48. The number of likely N-dealkylation sites (tertiary alicyclic amines) is 1. The van der Waals surface area contributed by atoms with Crippen LogP contribution in [0, 0.1) is 11.3 Å². The highest BCUT2D eigenvalue weighted by atomic mass is 16.1. The average molecular weight is 283 g/mol. The molecule has 1 aliphatic rings. The first-order valence-electron chi connectivity index (χ1n) is 7.96. The Hall–Kier alpha value is -0.610. The van der Waals surface area contributed by atoms with E-state index >= 15 is 0 Å². The molecule has 20 heavy (non-hydrogen) atoms. The Morgan fingerprint density at radius 1 is 1.35 bits per heavy atom. The molecule has 1 aliphatic heterocycles. The summed E-state index contributed by atoms with van der Waals surface area (Å²) in [4.78, 5) is 14.1. The highest BCUT2D eigenvalue weighted by molar-refractivity contribution is 5.84. The Morgan fingerprint density at radius 3 is 2.45 bits per heavy atom. The number of rotatable bonds is 7. The van der Waals surface area contributed by atoms with Crippen LogP contribution >= 0.6 is 0 Å². The maximum absolute atomic E-state index is 11.6. The molecular weight excluding hydrogens is 250 g/mol. The van der Waals surface area contributed by atoms with Gasteiger partial charge in [-0.1, -0.05) is 27.7 Å². The summed E-state index contributed by atoms with van der Waals surface area (Å²) < 4.78 is 0. The molecule has 1 fully saturated rings. The topological polar surface area (TPSA) is 58.4 Å². The normalized spacial score (nSPS) is 23.8. The van der Waals surface area contributed by atoms with Crippen molar-refractivity contribution in [2.24, 2.45) is 17.1 Å². The van der Waals surface area contributed by atoms with Gasteiger partial charge in [-0.15, -0.1) is 0 Å². The molecule has 0 saturated carbocycles. The van der Waals surface area contributed by atoms with Gasteiger partial charge in [0.2, 0.25) is 5.91 Å². The largest absolute Gasteiger partial charge is 0.368 e. The van der Waals surface area contributed by atoms with Crippen LogP contribution in [0.15, 0.2) is 0 Å². The Bertz CT molecular complexity index is 324. The van der Waals surface area contributed by atoms with Gasteiger partial charge in [-0.3, -0.25) is 4.79 Å². The molecule has 0 aromatic heterocycles. The molecule has 1 saturated heterocycles. The van der Waals surface area contributed by atoms with E-state index in [-0.39, 0.29) is 5.91 Å². The Morgan fingerprint density at radius 2 is 2.00 bits per heavy atom. The zero-order valence-electron chi connectivity index (χ0n) is 14.0. The maximum Gasteiger partial charge on any atom is 0.237 e. The van der Waals surface area contributed by atoms with Gasteiger partial charge in [0.25, 0.3) is 0 Å². The van der Waals surface area contributed by atoms with Crippen LogP contribution < -0.4 is 11.1 Å². The lowest BCUT2D eigenvalue weighted by molar-refractivity contribution is -0.124. The van der Waals surface area contributed by atoms with Crippen molar-refractivity contribution in [3.8, 4) is 0 Å². The molecule has 0 aromatic rings. The molecule has 0 aliphatic carbocycles. The van der Waals surface area contributed by atoms with Crippen molar-refractivity contribution in [2.75, 3.05) is 26.2 Å². The van der Waals surface area contributed by atoms with Crippen LogP contribution in [0.25, 0.3) is 0 Å². The van der Waals surface area contributed by atoms with E-state index in [2.05, 4.69) is 31.0 Å². The zero-order valence-corrected chi connectivity index (χ0v) is 14.0.